The maximum Gasteiger partial charge on any atom is 0.227 e. The fourth-order valence-electron chi connectivity index (χ4n) is 3.59. The quantitative estimate of drug-likeness (QED) is 0.850. The predicted molar refractivity (Wildman–Crippen MR) is 97.5 cm³/mol. The van der Waals surface area contributed by atoms with Crippen LogP contribution in [0.1, 0.15) is 45.3 Å². The van der Waals surface area contributed by atoms with Crippen LogP contribution in [0.15, 0.2) is 40.8 Å². The van der Waals surface area contributed by atoms with Crippen molar-refractivity contribution in [3.05, 3.63) is 41.4 Å². The molecule has 25 heavy (non-hydrogen) atoms. The van der Waals surface area contributed by atoms with Crippen LogP contribution in [0.3, 0.4) is 0 Å². The summed E-state index contributed by atoms with van der Waals surface area (Å²) in [7, 11) is 0. The predicted octanol–water partition coefficient (Wildman–Crippen LogP) is 3.44. The zero-order chi connectivity index (χ0) is 17.6. The second kappa shape index (κ2) is 5.98. The van der Waals surface area contributed by atoms with Crippen LogP contribution in [0.5, 0.6) is 0 Å². The molecule has 2 aliphatic rings. The van der Waals surface area contributed by atoms with E-state index in [-0.39, 0.29) is 17.2 Å². The van der Waals surface area contributed by atoms with Crippen molar-refractivity contribution in [3.8, 4) is 0 Å². The van der Waals surface area contributed by atoms with Gasteiger partial charge in [0, 0.05) is 23.9 Å². The third-order valence-corrected chi connectivity index (χ3v) is 5.27. The standard InChI is InChI=1S/C18H21N5OS/c1-4-25-17-21-16-20-12-9-18(2,3)10-13(24)14(12)15(23(16)22-17)11-7-5-6-8-19-11/h5-8,15H,4,9-10H2,1-3H3,(H,20,21,22)/t15-/m1/s1. The Morgan fingerprint density at radius 1 is 1.36 bits per heavy atom. The SMILES string of the molecule is CCSc1nc2n(n1)[C@H](c1ccccn1)C1=C(CC(C)(C)CC1=O)N2. The van der Waals surface area contributed by atoms with Crippen molar-refractivity contribution in [3.63, 3.8) is 0 Å². The number of allylic oxidation sites excluding steroid dienone is 2. The van der Waals surface area contributed by atoms with Gasteiger partial charge < -0.3 is 5.32 Å². The molecule has 1 aliphatic heterocycles. The summed E-state index contributed by atoms with van der Waals surface area (Å²) < 4.78 is 1.81. The van der Waals surface area contributed by atoms with E-state index in [9.17, 15) is 4.79 Å². The van der Waals surface area contributed by atoms with Crippen LogP contribution in [-0.4, -0.2) is 31.3 Å². The molecule has 0 spiro atoms. The molecule has 2 aromatic heterocycles. The summed E-state index contributed by atoms with van der Waals surface area (Å²) in [5.41, 5.74) is 2.51. The van der Waals surface area contributed by atoms with Crippen LogP contribution in [0.25, 0.3) is 0 Å². The number of thioether (sulfide) groups is 1. The Morgan fingerprint density at radius 3 is 2.92 bits per heavy atom. The average Bonchev–Trinajstić information content (AvgIpc) is 2.95. The first-order valence-electron chi connectivity index (χ1n) is 8.52. The number of carbonyl (C=O) groups is 1. The Labute approximate surface area is 151 Å². The molecule has 0 saturated heterocycles. The van der Waals surface area contributed by atoms with Gasteiger partial charge in [-0.1, -0.05) is 38.6 Å². The molecule has 1 atom stereocenters. The zero-order valence-electron chi connectivity index (χ0n) is 14.6. The molecule has 2 aromatic rings. The highest BCUT2D eigenvalue weighted by atomic mass is 32.2. The number of pyridine rings is 1. The molecule has 7 heteroatoms. The molecule has 0 amide bonds. The van der Waals surface area contributed by atoms with Gasteiger partial charge in [-0.3, -0.25) is 9.78 Å². The molecule has 1 N–H and O–H groups in total. The first-order valence-corrected chi connectivity index (χ1v) is 9.50. The van der Waals surface area contributed by atoms with Gasteiger partial charge in [-0.2, -0.15) is 4.98 Å². The molecular formula is C18H21N5OS. The highest BCUT2D eigenvalue weighted by Crippen LogP contribution is 2.45. The number of hydrogen-bond donors (Lipinski definition) is 1. The third-order valence-electron chi connectivity index (χ3n) is 4.55. The number of anilines is 1. The van der Waals surface area contributed by atoms with E-state index < -0.39 is 0 Å². The van der Waals surface area contributed by atoms with E-state index in [0.717, 1.165) is 34.3 Å². The van der Waals surface area contributed by atoms with Crippen molar-refractivity contribution >= 4 is 23.5 Å². The molecule has 0 unspecified atom stereocenters. The molecular weight excluding hydrogens is 334 g/mol. The molecule has 0 fully saturated rings. The van der Waals surface area contributed by atoms with E-state index in [1.54, 1.807) is 18.0 Å². The minimum Gasteiger partial charge on any atom is -0.328 e. The maximum atomic E-state index is 13.0. The second-order valence-electron chi connectivity index (χ2n) is 7.21. The van der Waals surface area contributed by atoms with E-state index in [2.05, 4.69) is 41.2 Å². The lowest BCUT2D eigenvalue weighted by Gasteiger charge is -2.37. The Morgan fingerprint density at radius 2 is 2.20 bits per heavy atom. The van der Waals surface area contributed by atoms with Crippen LogP contribution < -0.4 is 5.32 Å². The molecule has 6 nitrogen and oxygen atoms in total. The van der Waals surface area contributed by atoms with Gasteiger partial charge in [-0.25, -0.2) is 4.68 Å². The highest BCUT2D eigenvalue weighted by Gasteiger charge is 2.42. The number of hydrogen-bond acceptors (Lipinski definition) is 6. The topological polar surface area (TPSA) is 72.7 Å². The van der Waals surface area contributed by atoms with Crippen molar-refractivity contribution in [1.82, 2.24) is 19.7 Å². The minimum atomic E-state index is -0.310. The molecule has 0 aromatic carbocycles. The summed E-state index contributed by atoms with van der Waals surface area (Å²) >= 11 is 1.59. The van der Waals surface area contributed by atoms with Gasteiger partial charge >= 0.3 is 0 Å². The van der Waals surface area contributed by atoms with Crippen LogP contribution >= 0.6 is 11.8 Å². The van der Waals surface area contributed by atoms with Gasteiger partial charge in [-0.05, 0) is 29.7 Å². The Bertz CT molecular complexity index is 856. The Hall–Kier alpha value is -2.15. The molecule has 0 saturated carbocycles. The van der Waals surface area contributed by atoms with Crippen molar-refractivity contribution in [2.75, 3.05) is 11.1 Å². The number of fused-ring (bicyclic) bond motifs is 1. The molecule has 4 rings (SSSR count). The monoisotopic (exact) mass is 355 g/mol. The number of nitrogens with zero attached hydrogens (tertiary/aromatic N) is 4. The number of aromatic nitrogens is 4. The fourth-order valence-corrected chi connectivity index (χ4v) is 4.15. The van der Waals surface area contributed by atoms with Gasteiger partial charge in [-0.15, -0.1) is 5.10 Å². The number of ketones is 1. The van der Waals surface area contributed by atoms with Gasteiger partial charge in [0.25, 0.3) is 0 Å². The number of carbonyl (C=O) groups excluding carboxylic acids is 1. The zero-order valence-corrected chi connectivity index (χ0v) is 15.4. The van der Waals surface area contributed by atoms with Gasteiger partial charge in [0.1, 0.15) is 6.04 Å². The van der Waals surface area contributed by atoms with E-state index >= 15 is 0 Å². The van der Waals surface area contributed by atoms with Crippen molar-refractivity contribution in [1.29, 1.82) is 0 Å². The first-order chi connectivity index (χ1) is 12.0. The van der Waals surface area contributed by atoms with E-state index in [4.69, 9.17) is 0 Å². The highest BCUT2D eigenvalue weighted by molar-refractivity contribution is 7.99. The summed E-state index contributed by atoms with van der Waals surface area (Å²) in [6, 6.07) is 5.47. The first kappa shape index (κ1) is 16.3. The number of rotatable bonds is 3. The lowest BCUT2D eigenvalue weighted by Crippen LogP contribution is -2.36. The van der Waals surface area contributed by atoms with E-state index in [0.29, 0.717) is 12.4 Å². The average molecular weight is 355 g/mol. The van der Waals surface area contributed by atoms with Gasteiger partial charge in [0.05, 0.1) is 5.69 Å². The lowest BCUT2D eigenvalue weighted by molar-refractivity contribution is -0.118. The summed E-state index contributed by atoms with van der Waals surface area (Å²) in [5.74, 6) is 1.76. The van der Waals surface area contributed by atoms with E-state index in [1.807, 2.05) is 22.9 Å². The normalized spacial score (nSPS) is 21.6. The van der Waals surface area contributed by atoms with Crippen LogP contribution in [0.2, 0.25) is 0 Å². The minimum absolute atomic E-state index is 0.0548. The Balaban J connectivity index is 1.88. The summed E-state index contributed by atoms with van der Waals surface area (Å²) in [4.78, 5) is 22.1. The van der Waals surface area contributed by atoms with Gasteiger partial charge in [0.15, 0.2) is 5.78 Å². The number of Topliss-reactive ketones (excluding diaryl/α,β-unsaturated/α-hetero) is 1. The largest absolute Gasteiger partial charge is 0.328 e. The maximum absolute atomic E-state index is 13.0. The lowest BCUT2D eigenvalue weighted by atomic mass is 9.73. The van der Waals surface area contributed by atoms with Crippen LogP contribution in [0, 0.1) is 5.41 Å². The molecule has 3 heterocycles. The second-order valence-corrected chi connectivity index (χ2v) is 8.44. The van der Waals surface area contributed by atoms with Crippen LogP contribution in [0.4, 0.5) is 5.95 Å². The molecule has 1 aliphatic carbocycles. The molecule has 130 valence electrons. The fraction of sp³-hybridized carbons (Fsp3) is 0.444. The molecule has 0 bridgehead atoms. The van der Waals surface area contributed by atoms with Crippen LogP contribution in [-0.2, 0) is 4.79 Å². The third kappa shape index (κ3) is 2.86. The summed E-state index contributed by atoms with van der Waals surface area (Å²) in [6.45, 7) is 6.33. The van der Waals surface area contributed by atoms with Crippen molar-refractivity contribution < 1.29 is 4.79 Å². The summed E-state index contributed by atoms with van der Waals surface area (Å²) in [6.07, 6.45) is 3.12. The molecule has 0 radical (unpaired) electrons. The van der Waals surface area contributed by atoms with Crippen molar-refractivity contribution in [2.24, 2.45) is 5.41 Å². The smallest absolute Gasteiger partial charge is 0.227 e. The summed E-state index contributed by atoms with van der Waals surface area (Å²) in [5, 5.41) is 8.73. The Kier molecular flexibility index (Phi) is 3.91. The van der Waals surface area contributed by atoms with Gasteiger partial charge in [0.2, 0.25) is 11.1 Å². The van der Waals surface area contributed by atoms with Crippen molar-refractivity contribution in [2.45, 2.75) is 44.8 Å². The van der Waals surface area contributed by atoms with E-state index in [1.165, 1.54) is 0 Å². The number of nitrogens with one attached hydrogen (secondary N) is 1.